The van der Waals surface area contributed by atoms with Crippen molar-refractivity contribution in [3.05, 3.63) is 29.0 Å². The standard InChI is InChI=1S/C11H14ClNO/c1-8(2)11(14)4-3-9-5-6-13-7-10(9)12/h5-8H,3-4H2,1-2H3. The monoisotopic (exact) mass is 211 g/mol. The maximum absolute atomic E-state index is 11.4. The number of carbonyl (C=O) groups is 1. The summed E-state index contributed by atoms with van der Waals surface area (Å²) in [5.41, 5.74) is 0.996. The van der Waals surface area contributed by atoms with Crippen LogP contribution in [0.2, 0.25) is 5.02 Å². The summed E-state index contributed by atoms with van der Waals surface area (Å²) < 4.78 is 0. The normalized spacial score (nSPS) is 10.6. The number of hydrogen-bond donors (Lipinski definition) is 0. The van der Waals surface area contributed by atoms with Crippen LogP contribution in [0.15, 0.2) is 18.5 Å². The van der Waals surface area contributed by atoms with E-state index in [1.165, 1.54) is 0 Å². The average molecular weight is 212 g/mol. The highest BCUT2D eigenvalue weighted by atomic mass is 35.5. The van der Waals surface area contributed by atoms with Gasteiger partial charge in [0.1, 0.15) is 5.78 Å². The highest BCUT2D eigenvalue weighted by Gasteiger charge is 2.08. The van der Waals surface area contributed by atoms with Gasteiger partial charge in [0.05, 0.1) is 5.02 Å². The van der Waals surface area contributed by atoms with E-state index in [4.69, 9.17) is 11.6 Å². The number of hydrogen-bond acceptors (Lipinski definition) is 2. The lowest BCUT2D eigenvalue weighted by Gasteiger charge is -2.04. The number of ketones is 1. The van der Waals surface area contributed by atoms with Crippen LogP contribution in [0.5, 0.6) is 0 Å². The van der Waals surface area contributed by atoms with E-state index in [-0.39, 0.29) is 11.7 Å². The molecule has 0 amide bonds. The fraction of sp³-hybridized carbons (Fsp3) is 0.455. The van der Waals surface area contributed by atoms with Crippen LogP contribution in [0.25, 0.3) is 0 Å². The molecule has 1 rings (SSSR count). The quantitative estimate of drug-likeness (QED) is 0.767. The Bertz CT molecular complexity index is 323. The average Bonchev–Trinajstić information content (AvgIpc) is 2.16. The summed E-state index contributed by atoms with van der Waals surface area (Å²) in [6.07, 6.45) is 4.57. The van der Waals surface area contributed by atoms with Gasteiger partial charge in [-0.15, -0.1) is 0 Å². The number of Topliss-reactive ketones (excluding diaryl/α,β-unsaturated/α-hetero) is 1. The van der Waals surface area contributed by atoms with E-state index in [1.807, 2.05) is 19.9 Å². The molecule has 0 aromatic carbocycles. The van der Waals surface area contributed by atoms with Crippen LogP contribution in [0.1, 0.15) is 25.8 Å². The molecule has 76 valence electrons. The molecule has 0 radical (unpaired) electrons. The molecule has 2 nitrogen and oxygen atoms in total. The summed E-state index contributed by atoms with van der Waals surface area (Å²) in [7, 11) is 0. The first kappa shape index (κ1) is 11.2. The Morgan fingerprint density at radius 2 is 2.29 bits per heavy atom. The van der Waals surface area contributed by atoms with E-state index in [0.29, 0.717) is 17.9 Å². The largest absolute Gasteiger partial charge is 0.299 e. The molecular formula is C11H14ClNO. The number of pyridine rings is 1. The Morgan fingerprint density at radius 3 is 2.86 bits per heavy atom. The molecule has 1 aromatic rings. The predicted octanol–water partition coefficient (Wildman–Crippen LogP) is 2.89. The van der Waals surface area contributed by atoms with Gasteiger partial charge in [-0.1, -0.05) is 25.4 Å². The summed E-state index contributed by atoms with van der Waals surface area (Å²) in [6, 6.07) is 1.86. The van der Waals surface area contributed by atoms with E-state index < -0.39 is 0 Å². The second-order valence-electron chi connectivity index (χ2n) is 3.59. The van der Waals surface area contributed by atoms with Crippen molar-refractivity contribution in [1.82, 2.24) is 4.98 Å². The van der Waals surface area contributed by atoms with E-state index in [9.17, 15) is 4.79 Å². The summed E-state index contributed by atoms with van der Waals surface area (Å²) >= 11 is 5.91. The first-order valence-electron chi connectivity index (χ1n) is 4.72. The number of aryl methyl sites for hydroxylation is 1. The molecule has 0 atom stereocenters. The Morgan fingerprint density at radius 1 is 1.57 bits per heavy atom. The molecule has 14 heavy (non-hydrogen) atoms. The van der Waals surface area contributed by atoms with Crippen LogP contribution in [-0.4, -0.2) is 10.8 Å². The van der Waals surface area contributed by atoms with Crippen LogP contribution in [-0.2, 0) is 11.2 Å². The molecule has 1 aromatic heterocycles. The first-order chi connectivity index (χ1) is 6.61. The van der Waals surface area contributed by atoms with Crippen LogP contribution in [0.3, 0.4) is 0 Å². The van der Waals surface area contributed by atoms with Gasteiger partial charge in [0.2, 0.25) is 0 Å². The van der Waals surface area contributed by atoms with E-state index in [2.05, 4.69) is 4.98 Å². The third kappa shape index (κ3) is 3.11. The Hall–Kier alpha value is -0.890. The second kappa shape index (κ2) is 5.11. The van der Waals surface area contributed by atoms with E-state index in [1.54, 1.807) is 12.4 Å². The summed E-state index contributed by atoms with van der Waals surface area (Å²) in [5.74, 6) is 0.383. The highest BCUT2D eigenvalue weighted by Crippen LogP contribution is 2.16. The van der Waals surface area contributed by atoms with Crippen LogP contribution >= 0.6 is 11.6 Å². The molecule has 0 saturated carbocycles. The number of aromatic nitrogens is 1. The number of rotatable bonds is 4. The summed E-state index contributed by atoms with van der Waals surface area (Å²) in [6.45, 7) is 3.83. The number of nitrogens with zero attached hydrogens (tertiary/aromatic N) is 1. The molecule has 1 heterocycles. The number of halogens is 1. The highest BCUT2D eigenvalue weighted by molar-refractivity contribution is 6.31. The van der Waals surface area contributed by atoms with Crippen molar-refractivity contribution in [2.24, 2.45) is 5.92 Å². The minimum absolute atomic E-state index is 0.107. The SMILES string of the molecule is CC(C)C(=O)CCc1ccncc1Cl. The lowest BCUT2D eigenvalue weighted by Crippen LogP contribution is -2.07. The van der Waals surface area contributed by atoms with Crippen LogP contribution in [0, 0.1) is 5.92 Å². The maximum atomic E-state index is 11.4. The molecule has 0 aliphatic rings. The predicted molar refractivity (Wildman–Crippen MR) is 57.4 cm³/mol. The molecule has 0 spiro atoms. The zero-order valence-corrected chi connectivity index (χ0v) is 9.21. The topological polar surface area (TPSA) is 30.0 Å². The molecule has 0 aliphatic heterocycles. The van der Waals surface area contributed by atoms with E-state index >= 15 is 0 Å². The van der Waals surface area contributed by atoms with Crippen molar-refractivity contribution in [3.63, 3.8) is 0 Å². The zero-order valence-electron chi connectivity index (χ0n) is 8.46. The second-order valence-corrected chi connectivity index (χ2v) is 4.00. The van der Waals surface area contributed by atoms with Gasteiger partial charge in [0.15, 0.2) is 0 Å². The van der Waals surface area contributed by atoms with Crippen molar-refractivity contribution < 1.29 is 4.79 Å². The van der Waals surface area contributed by atoms with Crippen molar-refractivity contribution in [3.8, 4) is 0 Å². The summed E-state index contributed by atoms with van der Waals surface area (Å²) in [4.78, 5) is 15.3. The fourth-order valence-corrected chi connectivity index (χ4v) is 1.37. The third-order valence-electron chi connectivity index (χ3n) is 2.14. The van der Waals surface area contributed by atoms with Crippen molar-refractivity contribution in [2.75, 3.05) is 0 Å². The van der Waals surface area contributed by atoms with Crippen molar-refractivity contribution in [1.29, 1.82) is 0 Å². The summed E-state index contributed by atoms with van der Waals surface area (Å²) in [5, 5.41) is 0.643. The third-order valence-corrected chi connectivity index (χ3v) is 2.48. The molecular weight excluding hydrogens is 198 g/mol. The molecule has 3 heteroatoms. The van der Waals surface area contributed by atoms with Crippen LogP contribution in [0.4, 0.5) is 0 Å². The minimum Gasteiger partial charge on any atom is -0.299 e. The molecule has 0 aliphatic carbocycles. The van der Waals surface area contributed by atoms with Crippen molar-refractivity contribution in [2.45, 2.75) is 26.7 Å². The van der Waals surface area contributed by atoms with Gasteiger partial charge in [0.25, 0.3) is 0 Å². The molecule has 0 unspecified atom stereocenters. The Labute approximate surface area is 89.3 Å². The molecule has 0 N–H and O–H groups in total. The zero-order chi connectivity index (χ0) is 10.6. The first-order valence-corrected chi connectivity index (χ1v) is 5.10. The lowest BCUT2D eigenvalue weighted by atomic mass is 10.0. The van der Waals surface area contributed by atoms with Gasteiger partial charge in [-0.05, 0) is 18.1 Å². The van der Waals surface area contributed by atoms with Crippen LogP contribution < -0.4 is 0 Å². The molecule has 0 fully saturated rings. The van der Waals surface area contributed by atoms with Crippen molar-refractivity contribution >= 4 is 17.4 Å². The Balaban J connectivity index is 2.54. The molecule has 0 bridgehead atoms. The minimum atomic E-state index is 0.107. The van der Waals surface area contributed by atoms with E-state index in [0.717, 1.165) is 5.56 Å². The Kier molecular flexibility index (Phi) is 4.08. The fourth-order valence-electron chi connectivity index (χ4n) is 1.15. The van der Waals surface area contributed by atoms with Gasteiger partial charge in [-0.2, -0.15) is 0 Å². The molecule has 0 saturated heterocycles. The maximum Gasteiger partial charge on any atom is 0.135 e. The van der Waals surface area contributed by atoms with Gasteiger partial charge in [0, 0.05) is 24.7 Å². The van der Waals surface area contributed by atoms with Gasteiger partial charge in [-0.25, -0.2) is 0 Å². The van der Waals surface area contributed by atoms with Gasteiger partial charge in [-0.3, -0.25) is 9.78 Å². The lowest BCUT2D eigenvalue weighted by molar-refractivity contribution is -0.121. The number of carbonyl (C=O) groups excluding carboxylic acids is 1. The van der Waals surface area contributed by atoms with Gasteiger partial charge >= 0.3 is 0 Å². The van der Waals surface area contributed by atoms with Gasteiger partial charge < -0.3 is 0 Å². The smallest absolute Gasteiger partial charge is 0.135 e.